The van der Waals surface area contributed by atoms with Crippen molar-refractivity contribution < 1.29 is 18.3 Å². The third-order valence-corrected chi connectivity index (χ3v) is 4.46. The summed E-state index contributed by atoms with van der Waals surface area (Å²) in [5.74, 6) is -1.03. The smallest absolute Gasteiger partial charge is 0.335 e. The summed E-state index contributed by atoms with van der Waals surface area (Å²) in [5, 5.41) is 16.7. The number of nitrogens with one attached hydrogen (secondary N) is 1. The predicted molar refractivity (Wildman–Crippen MR) is 81.6 cm³/mol. The molecule has 0 aliphatic carbocycles. The number of H-pyrrole nitrogens is 1. The zero-order chi connectivity index (χ0) is 15.9. The van der Waals surface area contributed by atoms with Crippen LogP contribution in [0.15, 0.2) is 47.4 Å². The van der Waals surface area contributed by atoms with Crippen LogP contribution in [0, 0.1) is 0 Å². The molecule has 0 spiro atoms. The Morgan fingerprint density at radius 2 is 1.95 bits per heavy atom. The van der Waals surface area contributed by atoms with Crippen molar-refractivity contribution in [2.24, 2.45) is 0 Å². The highest BCUT2D eigenvalue weighted by molar-refractivity contribution is 7.90. The molecule has 0 saturated heterocycles. The van der Waals surface area contributed by atoms with E-state index in [2.05, 4.69) is 10.2 Å². The van der Waals surface area contributed by atoms with E-state index in [0.717, 1.165) is 6.26 Å². The number of aromatic amines is 1. The zero-order valence-electron chi connectivity index (χ0n) is 11.6. The van der Waals surface area contributed by atoms with E-state index < -0.39 is 15.8 Å². The molecule has 0 atom stereocenters. The summed E-state index contributed by atoms with van der Waals surface area (Å²) in [6.45, 7) is 0. The van der Waals surface area contributed by atoms with E-state index in [1.54, 1.807) is 18.2 Å². The molecule has 7 heteroatoms. The topological polar surface area (TPSA) is 100 Å². The summed E-state index contributed by atoms with van der Waals surface area (Å²) >= 11 is 0. The van der Waals surface area contributed by atoms with E-state index in [9.17, 15) is 13.2 Å². The Morgan fingerprint density at radius 3 is 2.64 bits per heavy atom. The number of nitrogens with zero attached hydrogens (tertiary/aromatic N) is 1. The molecule has 22 heavy (non-hydrogen) atoms. The van der Waals surface area contributed by atoms with Crippen LogP contribution >= 0.6 is 0 Å². The minimum absolute atomic E-state index is 0.148. The maximum Gasteiger partial charge on any atom is 0.335 e. The lowest BCUT2D eigenvalue weighted by Crippen LogP contribution is -1.97. The van der Waals surface area contributed by atoms with Gasteiger partial charge in [-0.3, -0.25) is 5.10 Å². The summed E-state index contributed by atoms with van der Waals surface area (Å²) in [6.07, 6.45) is 1.14. The fraction of sp³-hybridized carbons (Fsp3) is 0.0667. The number of benzene rings is 2. The molecule has 2 aromatic carbocycles. The van der Waals surface area contributed by atoms with Crippen LogP contribution in [0.1, 0.15) is 10.4 Å². The molecule has 3 rings (SSSR count). The fourth-order valence-electron chi connectivity index (χ4n) is 2.24. The monoisotopic (exact) mass is 316 g/mol. The molecule has 0 aliphatic heterocycles. The van der Waals surface area contributed by atoms with Gasteiger partial charge in [0.15, 0.2) is 9.84 Å². The average molecular weight is 316 g/mol. The maximum atomic E-state index is 11.7. The summed E-state index contributed by atoms with van der Waals surface area (Å²) in [4.78, 5) is 11.3. The number of sulfone groups is 1. The molecule has 0 saturated carbocycles. The first-order chi connectivity index (χ1) is 10.4. The Morgan fingerprint density at radius 1 is 1.18 bits per heavy atom. The lowest BCUT2D eigenvalue weighted by Gasteiger charge is -2.02. The van der Waals surface area contributed by atoms with Crippen LogP contribution in [-0.4, -0.2) is 35.9 Å². The molecule has 0 radical (unpaired) electrons. The molecule has 0 unspecified atom stereocenters. The SMILES string of the molecule is CS(=O)(=O)c1cccc(-c2n[nH]c3ccc(C(=O)O)cc23)c1. The highest BCUT2D eigenvalue weighted by Gasteiger charge is 2.14. The largest absolute Gasteiger partial charge is 0.478 e. The van der Waals surface area contributed by atoms with Crippen molar-refractivity contribution in [2.75, 3.05) is 6.26 Å². The highest BCUT2D eigenvalue weighted by Crippen LogP contribution is 2.28. The van der Waals surface area contributed by atoms with Crippen molar-refractivity contribution >= 4 is 26.7 Å². The molecule has 3 aromatic rings. The fourth-order valence-corrected chi connectivity index (χ4v) is 2.91. The predicted octanol–water partition coefficient (Wildman–Crippen LogP) is 2.33. The second-order valence-corrected chi connectivity index (χ2v) is 6.95. The number of carboxylic acids is 1. The van der Waals surface area contributed by atoms with Gasteiger partial charge in [-0.15, -0.1) is 0 Å². The summed E-state index contributed by atoms with van der Waals surface area (Å²) in [6, 6.07) is 11.0. The number of hydrogen-bond donors (Lipinski definition) is 2. The normalized spacial score (nSPS) is 11.7. The van der Waals surface area contributed by atoms with Crippen LogP contribution in [0.2, 0.25) is 0 Å². The molecule has 0 amide bonds. The second-order valence-electron chi connectivity index (χ2n) is 4.94. The Balaban J connectivity index is 2.22. The first-order valence-electron chi connectivity index (χ1n) is 6.38. The minimum atomic E-state index is -3.32. The standard InChI is InChI=1S/C15H12N2O4S/c1-22(20,21)11-4-2-3-9(7-11)14-12-8-10(15(18)19)5-6-13(12)16-17-14/h2-8H,1H3,(H,16,17)(H,18,19). The molecule has 0 aliphatic rings. The van der Waals surface area contributed by atoms with Gasteiger partial charge in [-0.25, -0.2) is 13.2 Å². The summed E-state index contributed by atoms with van der Waals surface area (Å²) < 4.78 is 23.3. The number of carboxylic acid groups (broad SMARTS) is 1. The van der Waals surface area contributed by atoms with Crippen LogP contribution in [0.3, 0.4) is 0 Å². The van der Waals surface area contributed by atoms with Crippen LogP contribution in [-0.2, 0) is 9.84 Å². The Bertz CT molecular complexity index is 990. The van der Waals surface area contributed by atoms with E-state index in [0.29, 0.717) is 22.2 Å². The minimum Gasteiger partial charge on any atom is -0.478 e. The average Bonchev–Trinajstić information content (AvgIpc) is 2.89. The highest BCUT2D eigenvalue weighted by atomic mass is 32.2. The summed E-state index contributed by atoms with van der Waals surface area (Å²) in [5.41, 5.74) is 1.96. The number of aromatic carboxylic acids is 1. The van der Waals surface area contributed by atoms with E-state index in [-0.39, 0.29) is 10.5 Å². The van der Waals surface area contributed by atoms with Crippen molar-refractivity contribution in [2.45, 2.75) is 4.90 Å². The van der Waals surface area contributed by atoms with Crippen LogP contribution in [0.4, 0.5) is 0 Å². The van der Waals surface area contributed by atoms with Crippen LogP contribution < -0.4 is 0 Å². The lowest BCUT2D eigenvalue weighted by molar-refractivity contribution is 0.0697. The molecule has 112 valence electrons. The van der Waals surface area contributed by atoms with E-state index in [4.69, 9.17) is 5.11 Å². The van der Waals surface area contributed by atoms with Crippen molar-refractivity contribution in [3.63, 3.8) is 0 Å². The quantitative estimate of drug-likeness (QED) is 0.772. The lowest BCUT2D eigenvalue weighted by atomic mass is 10.1. The number of rotatable bonds is 3. The van der Waals surface area contributed by atoms with Crippen LogP contribution in [0.25, 0.3) is 22.2 Å². The Labute approximate surface area is 126 Å². The third-order valence-electron chi connectivity index (χ3n) is 3.35. The van der Waals surface area contributed by atoms with Gasteiger partial charge in [-0.05, 0) is 30.3 Å². The molecule has 0 fully saturated rings. The first kappa shape index (κ1) is 14.3. The van der Waals surface area contributed by atoms with Crippen molar-refractivity contribution in [3.8, 4) is 11.3 Å². The van der Waals surface area contributed by atoms with Crippen molar-refractivity contribution in [3.05, 3.63) is 48.0 Å². The molecular formula is C15H12N2O4S. The van der Waals surface area contributed by atoms with Gasteiger partial charge in [0.1, 0.15) is 0 Å². The van der Waals surface area contributed by atoms with Gasteiger partial charge in [0.05, 0.1) is 21.7 Å². The van der Waals surface area contributed by atoms with Crippen molar-refractivity contribution in [1.82, 2.24) is 10.2 Å². The van der Waals surface area contributed by atoms with Gasteiger partial charge >= 0.3 is 5.97 Å². The maximum absolute atomic E-state index is 11.7. The molecule has 2 N–H and O–H groups in total. The van der Waals surface area contributed by atoms with E-state index in [1.165, 1.54) is 24.3 Å². The van der Waals surface area contributed by atoms with Gasteiger partial charge in [-0.1, -0.05) is 12.1 Å². The zero-order valence-corrected chi connectivity index (χ0v) is 12.4. The Hall–Kier alpha value is -2.67. The van der Waals surface area contributed by atoms with Crippen LogP contribution in [0.5, 0.6) is 0 Å². The Kier molecular flexibility index (Phi) is 3.22. The molecular weight excluding hydrogens is 304 g/mol. The molecule has 6 nitrogen and oxygen atoms in total. The van der Waals surface area contributed by atoms with Crippen molar-refractivity contribution in [1.29, 1.82) is 0 Å². The second kappa shape index (κ2) is 4.96. The number of fused-ring (bicyclic) bond motifs is 1. The van der Waals surface area contributed by atoms with Gasteiger partial charge in [-0.2, -0.15) is 5.10 Å². The van der Waals surface area contributed by atoms with E-state index in [1.807, 2.05) is 0 Å². The number of hydrogen-bond acceptors (Lipinski definition) is 4. The first-order valence-corrected chi connectivity index (χ1v) is 8.27. The van der Waals surface area contributed by atoms with Gasteiger partial charge < -0.3 is 5.11 Å². The molecule has 1 aromatic heterocycles. The molecule has 0 bridgehead atoms. The van der Waals surface area contributed by atoms with Gasteiger partial charge in [0, 0.05) is 17.2 Å². The van der Waals surface area contributed by atoms with Gasteiger partial charge in [0.2, 0.25) is 0 Å². The van der Waals surface area contributed by atoms with Gasteiger partial charge in [0.25, 0.3) is 0 Å². The van der Waals surface area contributed by atoms with E-state index >= 15 is 0 Å². The number of carbonyl (C=O) groups is 1. The molecule has 1 heterocycles. The summed E-state index contributed by atoms with van der Waals surface area (Å²) in [7, 11) is -3.32. The number of aromatic nitrogens is 2. The third kappa shape index (κ3) is 2.46.